The van der Waals surface area contributed by atoms with Crippen molar-refractivity contribution < 1.29 is 4.74 Å². The highest BCUT2D eigenvalue weighted by Crippen LogP contribution is 2.51. The Kier molecular flexibility index (Phi) is 2.00. The maximum absolute atomic E-state index is 6.30. The van der Waals surface area contributed by atoms with E-state index in [1.54, 1.807) is 0 Å². The molecule has 1 heterocycles. The topological polar surface area (TPSA) is 35.2 Å². The Bertz CT molecular complexity index is 463. The minimum Gasteiger partial charge on any atom is -0.487 e. The first-order valence-electron chi connectivity index (χ1n) is 5.70. The van der Waals surface area contributed by atoms with Crippen molar-refractivity contribution in [3.63, 3.8) is 0 Å². The van der Waals surface area contributed by atoms with Crippen LogP contribution in [0.1, 0.15) is 37.8 Å². The first-order valence-corrected chi connectivity index (χ1v) is 6.50. The van der Waals surface area contributed by atoms with Crippen molar-refractivity contribution in [1.29, 1.82) is 0 Å². The van der Waals surface area contributed by atoms with Crippen LogP contribution in [0, 0.1) is 0 Å². The second-order valence-corrected chi connectivity index (χ2v) is 6.55. The summed E-state index contributed by atoms with van der Waals surface area (Å²) in [6.45, 7) is 4.25. The average molecular weight is 282 g/mol. The van der Waals surface area contributed by atoms with Crippen molar-refractivity contribution in [2.45, 2.75) is 44.2 Å². The van der Waals surface area contributed by atoms with Crippen LogP contribution in [0.3, 0.4) is 0 Å². The van der Waals surface area contributed by atoms with Gasteiger partial charge in [-0.2, -0.15) is 0 Å². The highest BCUT2D eigenvalue weighted by atomic mass is 79.9. The van der Waals surface area contributed by atoms with Gasteiger partial charge in [0.1, 0.15) is 11.4 Å². The Labute approximate surface area is 104 Å². The van der Waals surface area contributed by atoms with E-state index in [-0.39, 0.29) is 11.1 Å². The van der Waals surface area contributed by atoms with Gasteiger partial charge in [-0.05, 0) is 44.4 Å². The van der Waals surface area contributed by atoms with Crippen LogP contribution in [0.5, 0.6) is 5.75 Å². The minimum atomic E-state index is -0.131. The summed E-state index contributed by atoms with van der Waals surface area (Å²) in [5.74, 6) is 1.04. The molecule has 1 fully saturated rings. The monoisotopic (exact) mass is 281 g/mol. The molecule has 2 aliphatic rings. The molecule has 0 amide bonds. The van der Waals surface area contributed by atoms with Crippen molar-refractivity contribution in [1.82, 2.24) is 0 Å². The molecule has 0 saturated heterocycles. The molecule has 1 aliphatic carbocycles. The van der Waals surface area contributed by atoms with Crippen LogP contribution < -0.4 is 10.5 Å². The van der Waals surface area contributed by atoms with Crippen LogP contribution in [-0.2, 0) is 12.0 Å². The summed E-state index contributed by atoms with van der Waals surface area (Å²) in [5.41, 5.74) is 8.54. The summed E-state index contributed by atoms with van der Waals surface area (Å²) >= 11 is 3.56. The van der Waals surface area contributed by atoms with Crippen molar-refractivity contribution in [2.24, 2.45) is 5.73 Å². The molecule has 0 unspecified atom stereocenters. The van der Waals surface area contributed by atoms with E-state index in [1.807, 2.05) is 0 Å². The van der Waals surface area contributed by atoms with E-state index in [0.29, 0.717) is 0 Å². The number of hydrogen-bond donors (Lipinski definition) is 1. The van der Waals surface area contributed by atoms with Crippen molar-refractivity contribution in [3.05, 3.63) is 27.7 Å². The summed E-state index contributed by atoms with van der Waals surface area (Å²) in [7, 11) is 0. The van der Waals surface area contributed by atoms with Gasteiger partial charge in [-0.15, -0.1) is 0 Å². The van der Waals surface area contributed by atoms with Gasteiger partial charge in [0.2, 0.25) is 0 Å². The third kappa shape index (κ3) is 1.57. The molecule has 1 aromatic carbocycles. The number of ether oxygens (including phenoxy) is 1. The normalized spacial score (nSPS) is 23.8. The standard InChI is InChI=1S/C13H16BrNO/c1-12(2)7-8-5-9(14)6-10(11(8)16-12)13(15)3-4-13/h5-6H,3-4,7,15H2,1-2H3. The lowest BCUT2D eigenvalue weighted by molar-refractivity contribution is 0.136. The molecule has 0 bridgehead atoms. The maximum Gasteiger partial charge on any atom is 0.128 e. The predicted octanol–water partition coefficient (Wildman–Crippen LogP) is 3.11. The number of rotatable bonds is 1. The van der Waals surface area contributed by atoms with E-state index in [0.717, 1.165) is 29.5 Å². The second-order valence-electron chi connectivity index (χ2n) is 5.64. The van der Waals surface area contributed by atoms with Crippen LogP contribution in [0.15, 0.2) is 16.6 Å². The molecular weight excluding hydrogens is 266 g/mol. The summed E-state index contributed by atoms with van der Waals surface area (Å²) < 4.78 is 7.16. The largest absolute Gasteiger partial charge is 0.487 e. The Hall–Kier alpha value is -0.540. The van der Waals surface area contributed by atoms with E-state index in [1.165, 1.54) is 11.1 Å². The Morgan fingerprint density at radius 2 is 2.00 bits per heavy atom. The fraction of sp³-hybridized carbons (Fsp3) is 0.538. The molecule has 0 aromatic heterocycles. The van der Waals surface area contributed by atoms with E-state index in [9.17, 15) is 0 Å². The van der Waals surface area contributed by atoms with Gasteiger partial charge in [-0.25, -0.2) is 0 Å². The smallest absolute Gasteiger partial charge is 0.128 e. The van der Waals surface area contributed by atoms with Gasteiger partial charge in [0.05, 0.1) is 0 Å². The van der Waals surface area contributed by atoms with Gasteiger partial charge in [0, 0.05) is 22.0 Å². The van der Waals surface area contributed by atoms with Gasteiger partial charge in [-0.3, -0.25) is 0 Å². The van der Waals surface area contributed by atoms with Gasteiger partial charge in [-0.1, -0.05) is 15.9 Å². The molecule has 0 spiro atoms. The van der Waals surface area contributed by atoms with Gasteiger partial charge >= 0.3 is 0 Å². The van der Waals surface area contributed by atoms with Gasteiger partial charge in [0.25, 0.3) is 0 Å². The molecule has 2 N–H and O–H groups in total. The van der Waals surface area contributed by atoms with Crippen molar-refractivity contribution >= 4 is 15.9 Å². The Morgan fingerprint density at radius 3 is 2.62 bits per heavy atom. The average Bonchev–Trinajstić information content (AvgIpc) is 2.80. The molecule has 3 rings (SSSR count). The fourth-order valence-corrected chi connectivity index (χ4v) is 2.95. The van der Waals surface area contributed by atoms with E-state index < -0.39 is 0 Å². The van der Waals surface area contributed by atoms with Crippen LogP contribution in [-0.4, -0.2) is 5.60 Å². The van der Waals surface area contributed by atoms with Crippen LogP contribution in [0.2, 0.25) is 0 Å². The van der Waals surface area contributed by atoms with Crippen molar-refractivity contribution in [2.75, 3.05) is 0 Å². The maximum atomic E-state index is 6.30. The minimum absolute atomic E-state index is 0.0941. The Morgan fingerprint density at radius 1 is 1.31 bits per heavy atom. The quantitative estimate of drug-likeness (QED) is 0.859. The molecule has 1 aromatic rings. The van der Waals surface area contributed by atoms with E-state index >= 15 is 0 Å². The zero-order chi connectivity index (χ0) is 11.6. The number of nitrogens with two attached hydrogens (primary N) is 1. The Balaban J connectivity index is 2.14. The van der Waals surface area contributed by atoms with Crippen LogP contribution in [0.25, 0.3) is 0 Å². The lowest BCUT2D eigenvalue weighted by atomic mass is 9.97. The number of halogens is 1. The molecule has 86 valence electrons. The van der Waals surface area contributed by atoms with E-state index in [2.05, 4.69) is 41.9 Å². The fourth-order valence-electron chi connectivity index (χ4n) is 2.45. The zero-order valence-electron chi connectivity index (χ0n) is 9.64. The summed E-state index contributed by atoms with van der Waals surface area (Å²) in [4.78, 5) is 0. The van der Waals surface area contributed by atoms with Gasteiger partial charge in [0.15, 0.2) is 0 Å². The predicted molar refractivity (Wildman–Crippen MR) is 67.7 cm³/mol. The van der Waals surface area contributed by atoms with E-state index in [4.69, 9.17) is 10.5 Å². The number of hydrogen-bond acceptors (Lipinski definition) is 2. The van der Waals surface area contributed by atoms with Gasteiger partial charge < -0.3 is 10.5 Å². The van der Waals surface area contributed by atoms with Crippen LogP contribution in [0.4, 0.5) is 0 Å². The molecule has 1 aliphatic heterocycles. The third-order valence-electron chi connectivity index (χ3n) is 3.45. The first-order chi connectivity index (χ1) is 7.40. The summed E-state index contributed by atoms with van der Waals surface area (Å²) in [6.07, 6.45) is 3.10. The highest BCUT2D eigenvalue weighted by Gasteiger charge is 2.45. The lowest BCUT2D eigenvalue weighted by Gasteiger charge is -2.20. The van der Waals surface area contributed by atoms with Crippen LogP contribution >= 0.6 is 15.9 Å². The lowest BCUT2D eigenvalue weighted by Crippen LogP contribution is -2.26. The van der Waals surface area contributed by atoms with Crippen molar-refractivity contribution in [3.8, 4) is 5.75 Å². The first kappa shape index (κ1) is 10.6. The third-order valence-corrected chi connectivity index (χ3v) is 3.91. The molecular formula is C13H16BrNO. The molecule has 0 radical (unpaired) electrons. The highest BCUT2D eigenvalue weighted by molar-refractivity contribution is 9.10. The molecule has 2 nitrogen and oxygen atoms in total. The number of fused-ring (bicyclic) bond motifs is 1. The second kappa shape index (κ2) is 3.02. The SMILES string of the molecule is CC1(C)Cc2cc(Br)cc(C3(N)CC3)c2O1. The molecule has 3 heteroatoms. The number of benzene rings is 1. The summed E-state index contributed by atoms with van der Waals surface area (Å²) in [6, 6.07) is 4.27. The molecule has 16 heavy (non-hydrogen) atoms. The zero-order valence-corrected chi connectivity index (χ0v) is 11.2. The summed E-state index contributed by atoms with van der Waals surface area (Å²) in [5, 5.41) is 0. The molecule has 0 atom stereocenters. The molecule has 1 saturated carbocycles.